The standard InChI is InChI=1S/C49H36N2S2/c1-49-33-11-10-24-46(49)53-48-42(49)20-13-22-44(48)51(37-16-6-3-7-17-37)39-31-27-35(28-32-39)34-25-29-38(30-26-34)50(36-14-4-2-5-15-36)43-21-12-19-41-40-18-8-9-23-45(40)52-47(41)43/h2-33,46H,1H3/t46?,49-/m1/s1. The number of thiophene rings is 1. The number of hydrogen-bond donors (Lipinski definition) is 0. The SMILES string of the molecule is C[C@]12C=CC=CC1Sc1c(N(c3ccccc3)c3ccc(-c4ccc(N(c5ccccc5)c5cccc6c5sc5ccccc56)cc4)cc3)cccc12. The van der Waals surface area contributed by atoms with Crippen molar-refractivity contribution in [2.24, 2.45) is 0 Å². The number of benzene rings is 7. The maximum atomic E-state index is 2.42. The van der Waals surface area contributed by atoms with Gasteiger partial charge in [-0.25, -0.2) is 0 Å². The van der Waals surface area contributed by atoms with Gasteiger partial charge in [-0.1, -0.05) is 134 Å². The van der Waals surface area contributed by atoms with Gasteiger partial charge in [0.2, 0.25) is 0 Å². The van der Waals surface area contributed by atoms with Gasteiger partial charge in [0.1, 0.15) is 0 Å². The highest BCUT2D eigenvalue weighted by molar-refractivity contribution is 8.00. The molecular weight excluding hydrogens is 681 g/mol. The Bertz CT molecular complexity index is 2660. The molecule has 10 rings (SSSR count). The van der Waals surface area contributed by atoms with E-state index in [-0.39, 0.29) is 5.41 Å². The van der Waals surface area contributed by atoms with Crippen LogP contribution in [0.4, 0.5) is 34.1 Å². The molecule has 0 amide bonds. The van der Waals surface area contributed by atoms with E-state index in [1.807, 2.05) is 23.1 Å². The van der Waals surface area contributed by atoms with E-state index in [1.54, 1.807) is 0 Å². The van der Waals surface area contributed by atoms with E-state index in [0.717, 1.165) is 22.7 Å². The summed E-state index contributed by atoms with van der Waals surface area (Å²) < 4.78 is 2.60. The van der Waals surface area contributed by atoms with Crippen molar-refractivity contribution in [1.82, 2.24) is 0 Å². The maximum Gasteiger partial charge on any atom is 0.0640 e. The summed E-state index contributed by atoms with van der Waals surface area (Å²) in [4.78, 5) is 6.16. The number of rotatable bonds is 7. The monoisotopic (exact) mass is 716 g/mol. The highest BCUT2D eigenvalue weighted by Crippen LogP contribution is 2.56. The Balaban J connectivity index is 1.01. The first kappa shape index (κ1) is 31.9. The van der Waals surface area contributed by atoms with Crippen molar-refractivity contribution in [2.45, 2.75) is 22.5 Å². The molecule has 0 N–H and O–H groups in total. The second-order valence-electron chi connectivity index (χ2n) is 13.9. The first-order valence-corrected chi connectivity index (χ1v) is 19.8. The van der Waals surface area contributed by atoms with Crippen molar-refractivity contribution in [2.75, 3.05) is 9.80 Å². The summed E-state index contributed by atoms with van der Waals surface area (Å²) in [6.07, 6.45) is 9.11. The Morgan fingerprint density at radius 1 is 0.491 bits per heavy atom. The van der Waals surface area contributed by atoms with Crippen LogP contribution in [0.1, 0.15) is 12.5 Å². The summed E-state index contributed by atoms with van der Waals surface area (Å²) in [5.74, 6) is 0. The molecule has 2 heterocycles. The predicted octanol–water partition coefficient (Wildman–Crippen LogP) is 14.5. The summed E-state index contributed by atoms with van der Waals surface area (Å²) in [5.41, 5.74) is 10.7. The summed E-state index contributed by atoms with van der Waals surface area (Å²) in [6.45, 7) is 2.37. The van der Waals surface area contributed by atoms with Crippen molar-refractivity contribution in [3.05, 3.63) is 200 Å². The number of para-hydroxylation sites is 2. The Hall–Kier alpha value is -5.81. The Morgan fingerprint density at radius 3 is 1.72 bits per heavy atom. The van der Waals surface area contributed by atoms with Gasteiger partial charge in [-0.15, -0.1) is 23.1 Å². The van der Waals surface area contributed by atoms with E-state index in [0.29, 0.717) is 5.25 Å². The third-order valence-electron chi connectivity index (χ3n) is 10.7. The molecule has 1 aromatic heterocycles. The molecule has 1 aliphatic heterocycles. The zero-order valence-corrected chi connectivity index (χ0v) is 30.9. The third kappa shape index (κ3) is 5.40. The molecule has 0 spiro atoms. The van der Waals surface area contributed by atoms with E-state index in [9.17, 15) is 0 Å². The van der Waals surface area contributed by atoms with Crippen LogP contribution in [-0.4, -0.2) is 5.25 Å². The molecule has 1 aliphatic carbocycles. The zero-order chi connectivity index (χ0) is 35.4. The van der Waals surface area contributed by atoms with Crippen LogP contribution in [0.15, 0.2) is 199 Å². The largest absolute Gasteiger partial charge is 0.309 e. The van der Waals surface area contributed by atoms with Crippen LogP contribution < -0.4 is 9.80 Å². The second kappa shape index (κ2) is 13.0. The highest BCUT2D eigenvalue weighted by Gasteiger charge is 2.43. The van der Waals surface area contributed by atoms with E-state index in [1.165, 1.54) is 53.1 Å². The third-order valence-corrected chi connectivity index (χ3v) is 13.5. The Kier molecular flexibility index (Phi) is 7.82. The van der Waals surface area contributed by atoms with Crippen molar-refractivity contribution >= 4 is 77.4 Å². The molecule has 0 bridgehead atoms. The summed E-state index contributed by atoms with van der Waals surface area (Å²) >= 11 is 3.85. The number of thioether (sulfide) groups is 1. The Morgan fingerprint density at radius 2 is 1.04 bits per heavy atom. The van der Waals surface area contributed by atoms with Crippen LogP contribution in [0.5, 0.6) is 0 Å². The average molecular weight is 717 g/mol. The molecule has 8 aromatic rings. The Labute approximate surface area is 319 Å². The molecule has 0 fully saturated rings. The average Bonchev–Trinajstić information content (AvgIpc) is 3.75. The fourth-order valence-electron chi connectivity index (χ4n) is 8.02. The first-order valence-electron chi connectivity index (χ1n) is 18.1. The maximum absolute atomic E-state index is 2.42. The van der Waals surface area contributed by atoms with Crippen molar-refractivity contribution in [3.63, 3.8) is 0 Å². The lowest BCUT2D eigenvalue weighted by molar-refractivity contribution is 0.620. The zero-order valence-electron chi connectivity index (χ0n) is 29.3. The topological polar surface area (TPSA) is 6.48 Å². The molecule has 254 valence electrons. The quantitative estimate of drug-likeness (QED) is 0.162. The summed E-state index contributed by atoms with van der Waals surface area (Å²) in [5, 5.41) is 3.00. The van der Waals surface area contributed by atoms with Crippen LogP contribution >= 0.6 is 23.1 Å². The van der Waals surface area contributed by atoms with Crippen LogP contribution in [-0.2, 0) is 5.41 Å². The van der Waals surface area contributed by atoms with E-state index in [2.05, 4.69) is 211 Å². The van der Waals surface area contributed by atoms with Gasteiger partial charge >= 0.3 is 0 Å². The molecule has 2 aliphatic rings. The van der Waals surface area contributed by atoms with Gasteiger partial charge in [0, 0.05) is 53.8 Å². The van der Waals surface area contributed by atoms with Crippen molar-refractivity contribution < 1.29 is 0 Å². The molecule has 2 nitrogen and oxygen atoms in total. The van der Waals surface area contributed by atoms with Crippen LogP contribution in [0.3, 0.4) is 0 Å². The van der Waals surface area contributed by atoms with Crippen LogP contribution in [0.2, 0.25) is 0 Å². The summed E-state index contributed by atoms with van der Waals surface area (Å²) in [6, 6.07) is 61.7. The number of allylic oxidation sites excluding steroid dienone is 3. The fourth-order valence-corrected chi connectivity index (χ4v) is 10.8. The van der Waals surface area contributed by atoms with Crippen LogP contribution in [0.25, 0.3) is 31.3 Å². The highest BCUT2D eigenvalue weighted by atomic mass is 32.2. The van der Waals surface area contributed by atoms with Gasteiger partial charge in [0.25, 0.3) is 0 Å². The number of fused-ring (bicyclic) bond motifs is 6. The molecule has 1 unspecified atom stereocenters. The van der Waals surface area contributed by atoms with Gasteiger partial charge in [0.15, 0.2) is 0 Å². The fraction of sp³-hybridized carbons (Fsp3) is 0.0612. The number of hydrogen-bond acceptors (Lipinski definition) is 4. The van der Waals surface area contributed by atoms with E-state index >= 15 is 0 Å². The van der Waals surface area contributed by atoms with Crippen molar-refractivity contribution in [1.29, 1.82) is 0 Å². The van der Waals surface area contributed by atoms with Gasteiger partial charge in [-0.2, -0.15) is 0 Å². The smallest absolute Gasteiger partial charge is 0.0640 e. The second-order valence-corrected chi connectivity index (χ2v) is 16.1. The lowest BCUT2D eigenvalue weighted by Crippen LogP contribution is -2.28. The molecule has 0 saturated carbocycles. The van der Waals surface area contributed by atoms with E-state index in [4.69, 9.17) is 0 Å². The number of nitrogens with zero attached hydrogens (tertiary/aromatic N) is 2. The molecule has 7 aromatic carbocycles. The molecule has 2 atom stereocenters. The van der Waals surface area contributed by atoms with Gasteiger partial charge in [-0.3, -0.25) is 0 Å². The van der Waals surface area contributed by atoms with Gasteiger partial charge in [-0.05, 0) is 83.4 Å². The minimum Gasteiger partial charge on any atom is -0.309 e. The minimum absolute atomic E-state index is 0.0103. The summed E-state index contributed by atoms with van der Waals surface area (Å²) in [7, 11) is 0. The lowest BCUT2D eigenvalue weighted by Gasteiger charge is -2.29. The molecule has 53 heavy (non-hydrogen) atoms. The number of anilines is 6. The van der Waals surface area contributed by atoms with Crippen LogP contribution in [0, 0.1) is 0 Å². The van der Waals surface area contributed by atoms with E-state index < -0.39 is 0 Å². The van der Waals surface area contributed by atoms with Gasteiger partial charge in [0.05, 0.1) is 16.1 Å². The predicted molar refractivity (Wildman–Crippen MR) is 229 cm³/mol. The minimum atomic E-state index is -0.0103. The van der Waals surface area contributed by atoms with Crippen molar-refractivity contribution in [3.8, 4) is 11.1 Å². The molecular formula is C49H36N2S2. The molecule has 0 saturated heterocycles. The normalized spacial score (nSPS) is 17.2. The van der Waals surface area contributed by atoms with Gasteiger partial charge < -0.3 is 9.80 Å². The molecule has 0 radical (unpaired) electrons. The molecule has 4 heteroatoms. The first-order chi connectivity index (χ1) is 26.2. The lowest BCUT2D eigenvalue weighted by atomic mass is 9.77.